The number of rotatable bonds is 3. The van der Waals surface area contributed by atoms with Crippen LogP contribution in [0.15, 0.2) is 31.4 Å². The molecule has 0 fully saturated rings. The van der Waals surface area contributed by atoms with Gasteiger partial charge >= 0.3 is 5.97 Å². The van der Waals surface area contributed by atoms with E-state index in [-0.39, 0.29) is 5.97 Å². The molecule has 0 spiro atoms. The van der Waals surface area contributed by atoms with Gasteiger partial charge in [0.2, 0.25) is 0 Å². The fourth-order valence-corrected chi connectivity index (χ4v) is 1.14. The summed E-state index contributed by atoms with van der Waals surface area (Å²) in [5.41, 5.74) is 1.87. The molecule has 1 aromatic carbocycles. The molecule has 0 amide bonds. The van der Waals surface area contributed by atoms with Crippen molar-refractivity contribution in [2.45, 2.75) is 6.92 Å². The lowest BCUT2D eigenvalue weighted by atomic mass is 10.1. The van der Waals surface area contributed by atoms with Crippen LogP contribution < -0.4 is 4.74 Å². The van der Waals surface area contributed by atoms with E-state index in [1.165, 1.54) is 6.92 Å². The first kappa shape index (κ1) is 10.3. The second-order valence-electron chi connectivity index (χ2n) is 2.79. The first-order valence-electron chi connectivity index (χ1n) is 4.24. The van der Waals surface area contributed by atoms with E-state index in [2.05, 4.69) is 13.2 Å². The van der Waals surface area contributed by atoms with Crippen LogP contribution in [0.3, 0.4) is 0 Å². The smallest absolute Gasteiger partial charge is 0.308 e. The maximum atomic E-state index is 10.7. The van der Waals surface area contributed by atoms with Gasteiger partial charge in [0.25, 0.3) is 0 Å². The zero-order valence-corrected chi connectivity index (χ0v) is 8.12. The van der Waals surface area contributed by atoms with E-state index in [0.29, 0.717) is 5.75 Å². The van der Waals surface area contributed by atoms with E-state index >= 15 is 0 Å². The second-order valence-corrected chi connectivity index (χ2v) is 2.79. The molecule has 72 valence electrons. The summed E-state index contributed by atoms with van der Waals surface area (Å²) in [6.07, 6.45) is 3.43. The Balaban J connectivity index is 3.07. The quantitative estimate of drug-likeness (QED) is 0.538. The van der Waals surface area contributed by atoms with Crippen LogP contribution in [0.4, 0.5) is 0 Å². The molecule has 2 nitrogen and oxygen atoms in total. The molecule has 0 radical (unpaired) electrons. The molecular formula is C12H12O2. The highest BCUT2D eigenvalue weighted by Gasteiger charge is 2.01. The van der Waals surface area contributed by atoms with Gasteiger partial charge in [-0.3, -0.25) is 4.79 Å². The minimum Gasteiger partial charge on any atom is -0.427 e. The summed E-state index contributed by atoms with van der Waals surface area (Å²) in [7, 11) is 0. The van der Waals surface area contributed by atoms with Gasteiger partial charge in [0.15, 0.2) is 0 Å². The number of ether oxygens (including phenoxy) is 1. The first-order chi connectivity index (χ1) is 6.67. The molecule has 1 aromatic rings. The molecule has 0 saturated heterocycles. The SMILES string of the molecule is C=Cc1ccc(OC(C)=O)cc1C=C. The molecule has 0 N–H and O–H groups in total. The van der Waals surface area contributed by atoms with Gasteiger partial charge in [-0.1, -0.05) is 31.4 Å². The van der Waals surface area contributed by atoms with Gasteiger partial charge in [-0.15, -0.1) is 0 Å². The average Bonchev–Trinajstić information content (AvgIpc) is 2.16. The van der Waals surface area contributed by atoms with Crippen LogP contribution in [0.5, 0.6) is 5.75 Å². The molecule has 0 bridgehead atoms. The molecule has 0 aliphatic heterocycles. The highest BCUT2D eigenvalue weighted by Crippen LogP contribution is 2.19. The number of esters is 1. The highest BCUT2D eigenvalue weighted by atomic mass is 16.5. The molecule has 1 rings (SSSR count). The molecule has 0 atom stereocenters. The summed E-state index contributed by atoms with van der Waals surface area (Å²) in [5, 5.41) is 0. The number of carbonyl (C=O) groups excluding carboxylic acids is 1. The summed E-state index contributed by atoms with van der Waals surface area (Å²) in [5.74, 6) is 0.198. The Labute approximate surface area is 83.5 Å². The normalized spacial score (nSPS) is 9.21. The van der Waals surface area contributed by atoms with Crippen molar-refractivity contribution in [1.82, 2.24) is 0 Å². The first-order valence-corrected chi connectivity index (χ1v) is 4.24. The molecule has 2 heteroatoms. The van der Waals surface area contributed by atoms with Gasteiger partial charge < -0.3 is 4.74 Å². The zero-order chi connectivity index (χ0) is 10.6. The average molecular weight is 188 g/mol. The number of carbonyl (C=O) groups is 1. The summed E-state index contributed by atoms with van der Waals surface area (Å²) in [6, 6.07) is 5.32. The maximum Gasteiger partial charge on any atom is 0.308 e. The Morgan fingerprint density at radius 2 is 1.93 bits per heavy atom. The fourth-order valence-electron chi connectivity index (χ4n) is 1.14. The monoisotopic (exact) mass is 188 g/mol. The van der Waals surface area contributed by atoms with Crippen LogP contribution in [0, 0.1) is 0 Å². The van der Waals surface area contributed by atoms with E-state index in [4.69, 9.17) is 4.74 Å². The van der Waals surface area contributed by atoms with Crippen molar-refractivity contribution >= 4 is 18.1 Å². The fraction of sp³-hybridized carbons (Fsp3) is 0.0833. The van der Waals surface area contributed by atoms with Crippen molar-refractivity contribution in [3.05, 3.63) is 42.5 Å². The van der Waals surface area contributed by atoms with E-state index < -0.39 is 0 Å². The van der Waals surface area contributed by atoms with Crippen molar-refractivity contribution in [3.8, 4) is 5.75 Å². The molecule has 0 heterocycles. The topological polar surface area (TPSA) is 26.3 Å². The van der Waals surface area contributed by atoms with Crippen LogP contribution in [-0.2, 0) is 4.79 Å². The third kappa shape index (κ3) is 2.33. The van der Waals surface area contributed by atoms with Gasteiger partial charge in [0.1, 0.15) is 5.75 Å². The standard InChI is InChI=1S/C12H12O2/c1-4-10-6-7-12(14-9(3)13)8-11(10)5-2/h4-8H,1-2H2,3H3. The number of hydrogen-bond acceptors (Lipinski definition) is 2. The van der Waals surface area contributed by atoms with Gasteiger partial charge in [0.05, 0.1) is 0 Å². The Morgan fingerprint density at radius 3 is 2.43 bits per heavy atom. The van der Waals surface area contributed by atoms with Gasteiger partial charge in [-0.2, -0.15) is 0 Å². The minimum absolute atomic E-state index is 0.327. The predicted molar refractivity (Wildman–Crippen MR) is 57.9 cm³/mol. The van der Waals surface area contributed by atoms with E-state index in [1.807, 2.05) is 6.07 Å². The molecule has 14 heavy (non-hydrogen) atoms. The third-order valence-electron chi connectivity index (χ3n) is 1.76. The summed E-state index contributed by atoms with van der Waals surface area (Å²) in [4.78, 5) is 10.7. The molecule has 0 aliphatic rings. The van der Waals surface area contributed by atoms with Crippen molar-refractivity contribution in [3.63, 3.8) is 0 Å². The number of hydrogen-bond donors (Lipinski definition) is 0. The van der Waals surface area contributed by atoms with Gasteiger partial charge in [0, 0.05) is 6.92 Å². The van der Waals surface area contributed by atoms with Crippen molar-refractivity contribution in [2.24, 2.45) is 0 Å². The Kier molecular flexibility index (Phi) is 3.24. The van der Waals surface area contributed by atoms with E-state index in [0.717, 1.165) is 11.1 Å². The van der Waals surface area contributed by atoms with Crippen molar-refractivity contribution in [2.75, 3.05) is 0 Å². The summed E-state index contributed by atoms with van der Waals surface area (Å²) in [6.45, 7) is 8.72. The van der Waals surface area contributed by atoms with Crippen LogP contribution in [-0.4, -0.2) is 5.97 Å². The Hall–Kier alpha value is -1.83. The van der Waals surface area contributed by atoms with Crippen LogP contribution in [0.2, 0.25) is 0 Å². The lowest BCUT2D eigenvalue weighted by Crippen LogP contribution is -2.01. The molecule has 0 aliphatic carbocycles. The Morgan fingerprint density at radius 1 is 1.29 bits per heavy atom. The van der Waals surface area contributed by atoms with E-state index in [1.54, 1.807) is 24.3 Å². The summed E-state index contributed by atoms with van der Waals surface area (Å²) < 4.78 is 4.94. The molecule has 0 aromatic heterocycles. The molecule has 0 unspecified atom stereocenters. The zero-order valence-electron chi connectivity index (χ0n) is 8.12. The number of benzene rings is 1. The highest BCUT2D eigenvalue weighted by molar-refractivity contribution is 5.71. The lowest BCUT2D eigenvalue weighted by Gasteiger charge is -2.04. The Bertz CT molecular complexity index is 378. The van der Waals surface area contributed by atoms with Crippen molar-refractivity contribution < 1.29 is 9.53 Å². The predicted octanol–water partition coefficient (Wildman–Crippen LogP) is 2.90. The molecule has 0 saturated carbocycles. The largest absolute Gasteiger partial charge is 0.427 e. The van der Waals surface area contributed by atoms with Crippen LogP contribution >= 0.6 is 0 Å². The van der Waals surface area contributed by atoms with Crippen molar-refractivity contribution in [1.29, 1.82) is 0 Å². The summed E-state index contributed by atoms with van der Waals surface area (Å²) >= 11 is 0. The lowest BCUT2D eigenvalue weighted by molar-refractivity contribution is -0.131. The van der Waals surface area contributed by atoms with Crippen LogP contribution in [0.1, 0.15) is 18.1 Å². The van der Waals surface area contributed by atoms with E-state index in [9.17, 15) is 4.79 Å². The second kappa shape index (κ2) is 4.42. The maximum absolute atomic E-state index is 10.7. The minimum atomic E-state index is -0.327. The van der Waals surface area contributed by atoms with Crippen LogP contribution in [0.25, 0.3) is 12.2 Å². The molecular weight excluding hydrogens is 176 g/mol. The van der Waals surface area contributed by atoms with Gasteiger partial charge in [-0.25, -0.2) is 0 Å². The van der Waals surface area contributed by atoms with Gasteiger partial charge in [-0.05, 0) is 23.3 Å². The third-order valence-corrected chi connectivity index (χ3v) is 1.76.